The summed E-state index contributed by atoms with van der Waals surface area (Å²) in [7, 11) is 1.69. The molecule has 6 heteroatoms. The van der Waals surface area contributed by atoms with Crippen molar-refractivity contribution in [3.05, 3.63) is 60.4 Å². The zero-order chi connectivity index (χ0) is 20.7. The molecule has 0 spiro atoms. The molecule has 30 heavy (non-hydrogen) atoms. The largest absolute Gasteiger partial charge is 0.494 e. The molecular weight excluding hydrogens is 374 g/mol. The molecule has 154 valence electrons. The van der Waals surface area contributed by atoms with Crippen molar-refractivity contribution < 1.29 is 4.74 Å². The fraction of sp³-hybridized carbons (Fsp3) is 0.333. The average Bonchev–Trinajstić information content (AvgIpc) is 3.34. The number of nitrogens with zero attached hydrogens (tertiary/aromatic N) is 4. The first-order valence-electron chi connectivity index (χ1n) is 10.6. The standard InChI is InChI=1S/C24H27N5O/c1-4-29-21-7-5-6-19(24(21)27-23(29)12-17-8-9-17)26-18-10-11-20(22(13-18)30-3)28-14-16(2)25-15-28/h5-7,10-11,13-15,17,26H,4,8-9,12H2,1-3H3. The van der Waals surface area contributed by atoms with E-state index in [0.29, 0.717) is 0 Å². The first-order valence-corrected chi connectivity index (χ1v) is 10.6. The average molecular weight is 402 g/mol. The van der Waals surface area contributed by atoms with E-state index < -0.39 is 0 Å². The SMILES string of the molecule is CCn1c(CC2CC2)nc2c(Nc3ccc(-n4cnc(C)c4)c(OC)c3)cccc21. The molecule has 0 bridgehead atoms. The first kappa shape index (κ1) is 18.7. The van der Waals surface area contributed by atoms with E-state index in [9.17, 15) is 0 Å². The number of nitrogens with one attached hydrogen (secondary N) is 1. The van der Waals surface area contributed by atoms with Crippen LogP contribution in [-0.4, -0.2) is 26.2 Å². The van der Waals surface area contributed by atoms with Gasteiger partial charge in [-0.2, -0.15) is 0 Å². The molecule has 0 saturated heterocycles. The molecule has 0 amide bonds. The highest BCUT2D eigenvalue weighted by Crippen LogP contribution is 2.35. The van der Waals surface area contributed by atoms with Gasteiger partial charge in [-0.15, -0.1) is 0 Å². The maximum absolute atomic E-state index is 5.66. The summed E-state index contributed by atoms with van der Waals surface area (Å²) in [6, 6.07) is 12.5. The van der Waals surface area contributed by atoms with E-state index in [1.54, 1.807) is 13.4 Å². The molecule has 1 saturated carbocycles. The van der Waals surface area contributed by atoms with Crippen LogP contribution in [0.4, 0.5) is 11.4 Å². The molecular formula is C24H27N5O. The molecule has 2 aromatic heterocycles. The Morgan fingerprint density at radius 1 is 1.20 bits per heavy atom. The normalized spacial score (nSPS) is 13.7. The van der Waals surface area contributed by atoms with Crippen LogP contribution in [0.15, 0.2) is 48.9 Å². The molecule has 2 heterocycles. The fourth-order valence-corrected chi connectivity index (χ4v) is 4.06. The number of imidazole rings is 2. The Hall–Kier alpha value is -3.28. The van der Waals surface area contributed by atoms with Crippen LogP contribution < -0.4 is 10.1 Å². The van der Waals surface area contributed by atoms with Crippen molar-refractivity contribution in [3.8, 4) is 11.4 Å². The fourth-order valence-electron chi connectivity index (χ4n) is 4.06. The van der Waals surface area contributed by atoms with E-state index >= 15 is 0 Å². The summed E-state index contributed by atoms with van der Waals surface area (Å²) < 4.78 is 9.99. The van der Waals surface area contributed by atoms with Crippen molar-refractivity contribution in [1.29, 1.82) is 0 Å². The van der Waals surface area contributed by atoms with Gasteiger partial charge in [-0.1, -0.05) is 6.07 Å². The van der Waals surface area contributed by atoms with E-state index in [4.69, 9.17) is 9.72 Å². The third kappa shape index (κ3) is 3.43. The lowest BCUT2D eigenvalue weighted by Crippen LogP contribution is -2.02. The van der Waals surface area contributed by atoms with Gasteiger partial charge < -0.3 is 19.2 Å². The molecule has 0 radical (unpaired) electrons. The van der Waals surface area contributed by atoms with Gasteiger partial charge in [0.05, 0.1) is 36.0 Å². The van der Waals surface area contributed by atoms with Gasteiger partial charge in [0, 0.05) is 30.9 Å². The molecule has 2 aromatic carbocycles. The molecule has 0 atom stereocenters. The summed E-state index contributed by atoms with van der Waals surface area (Å²) >= 11 is 0. The molecule has 5 rings (SSSR count). The summed E-state index contributed by atoms with van der Waals surface area (Å²) in [5.74, 6) is 2.80. The first-order chi connectivity index (χ1) is 14.7. The number of ether oxygens (including phenoxy) is 1. The number of aromatic nitrogens is 4. The number of hydrogen-bond acceptors (Lipinski definition) is 4. The second-order valence-electron chi connectivity index (χ2n) is 8.03. The molecule has 0 aliphatic heterocycles. The van der Waals surface area contributed by atoms with Crippen LogP contribution in [0.5, 0.6) is 5.75 Å². The minimum atomic E-state index is 0.790. The van der Waals surface area contributed by atoms with Gasteiger partial charge in [-0.05, 0) is 56.9 Å². The number of hydrogen-bond donors (Lipinski definition) is 1. The Kier molecular flexibility index (Phi) is 4.69. The van der Waals surface area contributed by atoms with Gasteiger partial charge in [0.2, 0.25) is 0 Å². The van der Waals surface area contributed by atoms with E-state index in [0.717, 1.165) is 52.9 Å². The number of anilines is 2. The maximum atomic E-state index is 5.66. The highest BCUT2D eigenvalue weighted by Gasteiger charge is 2.25. The van der Waals surface area contributed by atoms with Crippen molar-refractivity contribution in [1.82, 2.24) is 19.1 Å². The molecule has 1 aliphatic carbocycles. The van der Waals surface area contributed by atoms with Crippen LogP contribution in [0.3, 0.4) is 0 Å². The van der Waals surface area contributed by atoms with E-state index in [2.05, 4.69) is 46.1 Å². The van der Waals surface area contributed by atoms with E-state index in [1.807, 2.05) is 29.8 Å². The Morgan fingerprint density at radius 3 is 2.77 bits per heavy atom. The van der Waals surface area contributed by atoms with E-state index in [-0.39, 0.29) is 0 Å². The van der Waals surface area contributed by atoms with Crippen molar-refractivity contribution in [2.75, 3.05) is 12.4 Å². The zero-order valence-electron chi connectivity index (χ0n) is 17.7. The van der Waals surface area contributed by atoms with Crippen LogP contribution in [0.1, 0.15) is 31.3 Å². The Labute approximate surface area is 176 Å². The topological polar surface area (TPSA) is 56.9 Å². The maximum Gasteiger partial charge on any atom is 0.144 e. The number of aryl methyl sites for hydroxylation is 2. The number of para-hydroxylation sites is 1. The highest BCUT2D eigenvalue weighted by molar-refractivity contribution is 5.91. The van der Waals surface area contributed by atoms with Gasteiger partial charge in [-0.25, -0.2) is 9.97 Å². The van der Waals surface area contributed by atoms with Gasteiger partial charge >= 0.3 is 0 Å². The van der Waals surface area contributed by atoms with Crippen molar-refractivity contribution >= 4 is 22.4 Å². The van der Waals surface area contributed by atoms with Crippen molar-refractivity contribution in [3.63, 3.8) is 0 Å². The lowest BCUT2D eigenvalue weighted by molar-refractivity contribution is 0.413. The predicted molar refractivity (Wildman–Crippen MR) is 120 cm³/mol. The third-order valence-corrected chi connectivity index (χ3v) is 5.79. The van der Waals surface area contributed by atoms with Gasteiger partial charge in [0.1, 0.15) is 17.1 Å². The van der Waals surface area contributed by atoms with Gasteiger partial charge in [0.15, 0.2) is 0 Å². The predicted octanol–water partition coefficient (Wildman–Crippen LogP) is 5.26. The van der Waals surface area contributed by atoms with E-state index in [1.165, 1.54) is 24.2 Å². The quantitative estimate of drug-likeness (QED) is 0.459. The van der Waals surface area contributed by atoms with Crippen LogP contribution in [0.2, 0.25) is 0 Å². The summed E-state index contributed by atoms with van der Waals surface area (Å²) in [5, 5.41) is 3.56. The molecule has 6 nitrogen and oxygen atoms in total. The molecule has 1 aliphatic rings. The summed E-state index contributed by atoms with van der Waals surface area (Å²) in [6.45, 7) is 5.11. The van der Waals surface area contributed by atoms with Crippen LogP contribution >= 0.6 is 0 Å². The Morgan fingerprint density at radius 2 is 2.07 bits per heavy atom. The number of fused-ring (bicyclic) bond motifs is 1. The van der Waals surface area contributed by atoms with Crippen LogP contribution in [0.25, 0.3) is 16.7 Å². The second kappa shape index (κ2) is 7.52. The zero-order valence-corrected chi connectivity index (χ0v) is 17.7. The van der Waals surface area contributed by atoms with Crippen molar-refractivity contribution in [2.45, 2.75) is 39.7 Å². The number of methoxy groups -OCH3 is 1. The summed E-state index contributed by atoms with van der Waals surface area (Å²) in [6.07, 6.45) is 7.54. The Balaban J connectivity index is 1.50. The van der Waals surface area contributed by atoms with Crippen LogP contribution in [0, 0.1) is 12.8 Å². The molecule has 1 N–H and O–H groups in total. The minimum absolute atomic E-state index is 0.790. The highest BCUT2D eigenvalue weighted by atomic mass is 16.5. The Bertz CT molecular complexity index is 1200. The third-order valence-electron chi connectivity index (χ3n) is 5.79. The molecule has 0 unspecified atom stereocenters. The lowest BCUT2D eigenvalue weighted by atomic mass is 10.2. The number of benzene rings is 2. The van der Waals surface area contributed by atoms with Crippen LogP contribution in [-0.2, 0) is 13.0 Å². The van der Waals surface area contributed by atoms with Gasteiger partial charge in [-0.3, -0.25) is 0 Å². The minimum Gasteiger partial charge on any atom is -0.494 e. The summed E-state index contributed by atoms with van der Waals surface area (Å²) in [5.41, 5.74) is 6.14. The smallest absolute Gasteiger partial charge is 0.144 e. The number of rotatable bonds is 7. The summed E-state index contributed by atoms with van der Waals surface area (Å²) in [4.78, 5) is 9.34. The lowest BCUT2D eigenvalue weighted by Gasteiger charge is -2.13. The van der Waals surface area contributed by atoms with Crippen molar-refractivity contribution in [2.24, 2.45) is 5.92 Å². The molecule has 4 aromatic rings. The van der Waals surface area contributed by atoms with Gasteiger partial charge in [0.25, 0.3) is 0 Å². The monoisotopic (exact) mass is 401 g/mol. The molecule has 1 fully saturated rings. The second-order valence-corrected chi connectivity index (χ2v) is 8.03.